The quantitative estimate of drug-likeness (QED) is 0.470. The van der Waals surface area contributed by atoms with Gasteiger partial charge in [-0.25, -0.2) is 4.79 Å². The number of hydrogen-bond acceptors (Lipinski definition) is 5. The number of carbonyl (C=O) groups excluding carboxylic acids is 2. The zero-order chi connectivity index (χ0) is 13.8. The number of esters is 1. The van der Waals surface area contributed by atoms with Crippen molar-refractivity contribution in [2.24, 2.45) is 0 Å². The van der Waals surface area contributed by atoms with Gasteiger partial charge in [-0.3, -0.25) is 4.79 Å². The molecule has 0 bridgehead atoms. The minimum Gasteiger partial charge on any atom is -0.451 e. The fraction of sp³-hybridized carbons (Fsp3) is 0.154. The molecular formula is C13H10INO4. The van der Waals surface area contributed by atoms with Crippen molar-refractivity contribution in [3.8, 4) is 0 Å². The van der Waals surface area contributed by atoms with E-state index >= 15 is 0 Å². The third-order valence-electron chi connectivity index (χ3n) is 2.33. The molecule has 19 heavy (non-hydrogen) atoms. The van der Waals surface area contributed by atoms with E-state index in [0.717, 1.165) is 3.57 Å². The van der Waals surface area contributed by atoms with Gasteiger partial charge < -0.3 is 9.26 Å². The first-order chi connectivity index (χ1) is 9.06. The zero-order valence-corrected chi connectivity index (χ0v) is 12.2. The highest BCUT2D eigenvalue weighted by Crippen LogP contribution is 2.09. The molecule has 0 N–H and O–H groups in total. The maximum Gasteiger partial charge on any atom is 0.377 e. The zero-order valence-electron chi connectivity index (χ0n) is 10.1. The van der Waals surface area contributed by atoms with Crippen LogP contribution in [0.3, 0.4) is 0 Å². The number of hydrogen-bond donors (Lipinski definition) is 0. The lowest BCUT2D eigenvalue weighted by Gasteiger charge is -2.02. The van der Waals surface area contributed by atoms with Crippen molar-refractivity contribution >= 4 is 34.3 Å². The Kier molecular flexibility index (Phi) is 4.31. The highest BCUT2D eigenvalue weighted by Gasteiger charge is 2.15. The summed E-state index contributed by atoms with van der Waals surface area (Å²) in [6.45, 7) is 1.37. The van der Waals surface area contributed by atoms with Gasteiger partial charge in [-0.05, 0) is 41.6 Å². The summed E-state index contributed by atoms with van der Waals surface area (Å²) in [6, 6.07) is 8.47. The molecular weight excluding hydrogens is 361 g/mol. The predicted octanol–water partition coefficient (Wildman–Crippen LogP) is 2.63. The number of aryl methyl sites for hydroxylation is 1. The first-order valence-electron chi connectivity index (χ1n) is 5.45. The smallest absolute Gasteiger partial charge is 0.377 e. The Hall–Kier alpha value is -1.70. The Morgan fingerprint density at radius 2 is 2.00 bits per heavy atom. The predicted molar refractivity (Wildman–Crippen MR) is 75.0 cm³/mol. The van der Waals surface area contributed by atoms with Crippen LogP contribution in [0.1, 0.15) is 26.6 Å². The van der Waals surface area contributed by atoms with Crippen LogP contribution in [0.2, 0.25) is 0 Å². The average molecular weight is 371 g/mol. The first kappa shape index (κ1) is 13.7. The van der Waals surface area contributed by atoms with Gasteiger partial charge in [-0.15, -0.1) is 0 Å². The minimum atomic E-state index is -0.695. The van der Waals surface area contributed by atoms with Gasteiger partial charge in [-0.1, -0.05) is 17.3 Å². The summed E-state index contributed by atoms with van der Waals surface area (Å²) in [4.78, 5) is 23.3. The van der Waals surface area contributed by atoms with Crippen LogP contribution in [0.25, 0.3) is 0 Å². The van der Waals surface area contributed by atoms with E-state index in [0.29, 0.717) is 11.3 Å². The molecule has 0 aliphatic heterocycles. The van der Waals surface area contributed by atoms with Crippen molar-refractivity contribution < 1.29 is 18.8 Å². The third kappa shape index (κ3) is 3.63. The molecule has 0 unspecified atom stereocenters. The van der Waals surface area contributed by atoms with E-state index in [-0.39, 0.29) is 18.2 Å². The van der Waals surface area contributed by atoms with Crippen molar-refractivity contribution in [1.82, 2.24) is 5.16 Å². The molecule has 2 aromatic rings. The number of rotatable bonds is 4. The van der Waals surface area contributed by atoms with Gasteiger partial charge in [0, 0.05) is 15.2 Å². The summed E-state index contributed by atoms with van der Waals surface area (Å²) in [6.07, 6.45) is 0. The molecule has 0 aliphatic rings. The Bertz CT molecular complexity index is 603. The lowest BCUT2D eigenvalue weighted by Crippen LogP contribution is -2.13. The molecule has 0 fully saturated rings. The van der Waals surface area contributed by atoms with E-state index < -0.39 is 5.97 Å². The molecule has 0 atom stereocenters. The molecule has 2 rings (SSSR count). The second-order valence-electron chi connectivity index (χ2n) is 3.84. The third-order valence-corrected chi connectivity index (χ3v) is 3.05. The number of halogens is 1. The van der Waals surface area contributed by atoms with Gasteiger partial charge in [0.05, 0.1) is 5.69 Å². The lowest BCUT2D eigenvalue weighted by molar-refractivity contribution is 0.0435. The maximum atomic E-state index is 11.8. The van der Waals surface area contributed by atoms with Crippen molar-refractivity contribution in [3.05, 3.63) is 50.9 Å². The SMILES string of the molecule is Cc1cc(C(=O)OCC(=O)c2ccc(I)cc2)on1. The lowest BCUT2D eigenvalue weighted by atomic mass is 10.1. The van der Waals surface area contributed by atoms with Gasteiger partial charge in [0.15, 0.2) is 12.4 Å². The van der Waals surface area contributed by atoms with E-state index in [4.69, 9.17) is 9.26 Å². The number of ether oxygens (including phenoxy) is 1. The van der Waals surface area contributed by atoms with Gasteiger partial charge in [-0.2, -0.15) is 0 Å². The fourth-order valence-corrected chi connectivity index (χ4v) is 1.74. The summed E-state index contributed by atoms with van der Waals surface area (Å²) >= 11 is 2.15. The molecule has 0 saturated heterocycles. The van der Waals surface area contributed by atoms with Crippen molar-refractivity contribution in [2.45, 2.75) is 6.92 Å². The molecule has 0 spiro atoms. The summed E-state index contributed by atoms with van der Waals surface area (Å²) in [5, 5.41) is 3.57. The van der Waals surface area contributed by atoms with Crippen LogP contribution in [0, 0.1) is 10.5 Å². The molecule has 1 aromatic heterocycles. The molecule has 0 aliphatic carbocycles. The van der Waals surface area contributed by atoms with E-state index in [1.165, 1.54) is 6.07 Å². The van der Waals surface area contributed by atoms with Crippen LogP contribution in [-0.2, 0) is 4.74 Å². The van der Waals surface area contributed by atoms with Gasteiger partial charge in [0.25, 0.3) is 0 Å². The van der Waals surface area contributed by atoms with E-state index in [2.05, 4.69) is 27.7 Å². The minimum absolute atomic E-state index is 0.00656. The Labute approximate surface area is 123 Å². The number of benzene rings is 1. The van der Waals surface area contributed by atoms with Gasteiger partial charge in [0.2, 0.25) is 5.76 Å². The van der Waals surface area contributed by atoms with Gasteiger partial charge >= 0.3 is 5.97 Å². The van der Waals surface area contributed by atoms with Crippen LogP contribution < -0.4 is 0 Å². The van der Waals surface area contributed by atoms with Crippen LogP contribution in [-0.4, -0.2) is 23.5 Å². The molecule has 0 amide bonds. The largest absolute Gasteiger partial charge is 0.451 e. The first-order valence-corrected chi connectivity index (χ1v) is 6.53. The van der Waals surface area contributed by atoms with E-state index in [1.807, 2.05) is 12.1 Å². The standard InChI is InChI=1S/C13H10INO4/c1-8-6-12(19-15-8)13(17)18-7-11(16)9-2-4-10(14)5-3-9/h2-6H,7H2,1H3. The Morgan fingerprint density at radius 1 is 1.32 bits per heavy atom. The fourth-order valence-electron chi connectivity index (χ4n) is 1.38. The normalized spacial score (nSPS) is 10.2. The molecule has 6 heteroatoms. The Morgan fingerprint density at radius 3 is 2.58 bits per heavy atom. The highest BCUT2D eigenvalue weighted by molar-refractivity contribution is 14.1. The highest BCUT2D eigenvalue weighted by atomic mass is 127. The number of carbonyl (C=O) groups is 2. The number of nitrogens with zero attached hydrogens (tertiary/aromatic N) is 1. The molecule has 1 heterocycles. The summed E-state index contributed by atoms with van der Waals surface area (Å²) in [7, 11) is 0. The van der Waals surface area contributed by atoms with Crippen molar-refractivity contribution in [1.29, 1.82) is 0 Å². The van der Waals surface area contributed by atoms with Gasteiger partial charge in [0.1, 0.15) is 0 Å². The van der Waals surface area contributed by atoms with Crippen LogP contribution in [0.15, 0.2) is 34.9 Å². The second-order valence-corrected chi connectivity index (χ2v) is 5.08. The summed E-state index contributed by atoms with van der Waals surface area (Å²) in [5.74, 6) is -0.964. The average Bonchev–Trinajstić information content (AvgIpc) is 2.83. The summed E-state index contributed by atoms with van der Waals surface area (Å²) < 4.78 is 10.6. The molecule has 0 saturated carbocycles. The van der Waals surface area contributed by atoms with Crippen molar-refractivity contribution in [3.63, 3.8) is 0 Å². The topological polar surface area (TPSA) is 69.4 Å². The van der Waals surface area contributed by atoms with Crippen LogP contribution >= 0.6 is 22.6 Å². The number of ketones is 1. The second kappa shape index (κ2) is 5.96. The Balaban J connectivity index is 1.93. The van der Waals surface area contributed by atoms with Crippen LogP contribution in [0.5, 0.6) is 0 Å². The number of Topliss-reactive ketones (excluding diaryl/α,β-unsaturated/α-hetero) is 1. The van der Waals surface area contributed by atoms with Crippen LogP contribution in [0.4, 0.5) is 0 Å². The van der Waals surface area contributed by atoms with E-state index in [1.54, 1.807) is 19.1 Å². The van der Waals surface area contributed by atoms with E-state index in [9.17, 15) is 9.59 Å². The molecule has 0 radical (unpaired) electrons. The maximum absolute atomic E-state index is 11.8. The summed E-state index contributed by atoms with van der Waals surface area (Å²) in [5.41, 5.74) is 1.08. The molecule has 5 nitrogen and oxygen atoms in total. The molecule has 1 aromatic carbocycles. The monoisotopic (exact) mass is 371 g/mol. The number of aromatic nitrogens is 1. The van der Waals surface area contributed by atoms with Crippen molar-refractivity contribution in [2.75, 3.05) is 6.61 Å². The molecule has 98 valence electrons.